The Balaban J connectivity index is 1.44. The highest BCUT2D eigenvalue weighted by Crippen LogP contribution is 2.33. The predicted molar refractivity (Wildman–Crippen MR) is 154 cm³/mol. The maximum Gasteiger partial charge on any atom is 0.269 e. The van der Waals surface area contributed by atoms with E-state index in [1.807, 2.05) is 0 Å². The zero-order valence-electron chi connectivity index (χ0n) is 22.2. The number of nitro groups is 1. The van der Waals surface area contributed by atoms with Gasteiger partial charge in [0.25, 0.3) is 11.6 Å². The first kappa shape index (κ1) is 28.4. The predicted octanol–water partition coefficient (Wildman–Crippen LogP) is 4.94. The molecule has 1 aromatic heterocycles. The molecule has 0 spiro atoms. The van der Waals surface area contributed by atoms with Gasteiger partial charge < -0.3 is 23.7 Å². The summed E-state index contributed by atoms with van der Waals surface area (Å²) in [7, 11) is 0. The molecule has 214 valence electrons. The largest absolute Gasteiger partial charge is 0.464 e. The highest BCUT2D eigenvalue weighted by Gasteiger charge is 2.25. The number of carbonyl (C=O) groups is 2. The van der Waals surface area contributed by atoms with Crippen molar-refractivity contribution in [2.75, 3.05) is 19.9 Å². The van der Waals surface area contributed by atoms with E-state index in [1.54, 1.807) is 30.3 Å². The molecule has 3 aromatic carbocycles. The minimum atomic E-state index is -0.565. The number of carbonyl (C=O) groups excluding carboxylic acids is 2. The highest BCUT2D eigenvalue weighted by atomic mass is 35.5. The van der Waals surface area contributed by atoms with E-state index in [2.05, 4.69) is 6.58 Å². The molecule has 0 saturated heterocycles. The molecule has 1 aliphatic heterocycles. The first-order valence-corrected chi connectivity index (χ1v) is 13.1. The fourth-order valence-electron chi connectivity index (χ4n) is 4.50. The molecule has 42 heavy (non-hydrogen) atoms. The van der Waals surface area contributed by atoms with E-state index in [1.165, 1.54) is 52.5 Å². The van der Waals surface area contributed by atoms with Gasteiger partial charge in [-0.15, -0.1) is 6.58 Å². The van der Waals surface area contributed by atoms with Gasteiger partial charge in [0, 0.05) is 35.8 Å². The van der Waals surface area contributed by atoms with Crippen LogP contribution in [0.4, 0.5) is 5.69 Å². The van der Waals surface area contributed by atoms with Gasteiger partial charge in [0.15, 0.2) is 16.9 Å². The standard InChI is InChI=1S/C30H24ClN3O8/c1-2-11-32(30(37)20-4-7-23(8-5-20)34(38)39)16-28(35)33(14-19-3-9-26-27(12-19)42-18-41-26)15-21-17-40-25-10-6-22(31)13-24(25)29(21)36/h2-10,12-13,17H,1,11,14-16,18H2. The van der Waals surface area contributed by atoms with Gasteiger partial charge in [-0.25, -0.2) is 0 Å². The van der Waals surface area contributed by atoms with Crippen molar-refractivity contribution in [3.63, 3.8) is 0 Å². The van der Waals surface area contributed by atoms with Crippen LogP contribution in [0.1, 0.15) is 21.5 Å². The van der Waals surface area contributed by atoms with Crippen molar-refractivity contribution in [1.82, 2.24) is 9.80 Å². The van der Waals surface area contributed by atoms with E-state index in [0.29, 0.717) is 27.7 Å². The Kier molecular flexibility index (Phi) is 8.21. The third-order valence-electron chi connectivity index (χ3n) is 6.62. The number of non-ortho nitro benzene ring substituents is 1. The summed E-state index contributed by atoms with van der Waals surface area (Å²) in [5.74, 6) is 0.132. The SMILES string of the molecule is C=CCN(CC(=O)N(Cc1ccc2c(c1)OCO2)Cc1coc2ccc(Cl)cc2c1=O)C(=O)c1ccc([N+](=O)[O-])cc1. The number of hydrogen-bond donors (Lipinski definition) is 0. The third-order valence-corrected chi connectivity index (χ3v) is 6.85. The lowest BCUT2D eigenvalue weighted by Gasteiger charge is -2.27. The van der Waals surface area contributed by atoms with Gasteiger partial charge in [-0.2, -0.15) is 0 Å². The molecule has 5 rings (SSSR count). The van der Waals surface area contributed by atoms with Gasteiger partial charge in [-0.05, 0) is 48.0 Å². The Morgan fingerprint density at radius 3 is 2.50 bits per heavy atom. The number of halogens is 1. The van der Waals surface area contributed by atoms with Gasteiger partial charge >= 0.3 is 0 Å². The van der Waals surface area contributed by atoms with E-state index in [-0.39, 0.29) is 60.6 Å². The number of ether oxygens (including phenoxy) is 2. The van der Waals surface area contributed by atoms with Gasteiger partial charge in [0.2, 0.25) is 12.7 Å². The minimum Gasteiger partial charge on any atom is -0.464 e. The van der Waals surface area contributed by atoms with Gasteiger partial charge in [-0.1, -0.05) is 23.7 Å². The Labute approximate surface area is 244 Å². The monoisotopic (exact) mass is 589 g/mol. The van der Waals surface area contributed by atoms with Gasteiger partial charge in [0.05, 0.1) is 28.7 Å². The molecule has 0 atom stereocenters. The summed E-state index contributed by atoms with van der Waals surface area (Å²) in [4.78, 5) is 53.5. The van der Waals surface area contributed by atoms with Crippen molar-refractivity contribution in [3.8, 4) is 11.5 Å². The van der Waals surface area contributed by atoms with Crippen molar-refractivity contribution in [2.24, 2.45) is 0 Å². The second-order valence-corrected chi connectivity index (χ2v) is 9.88. The molecule has 0 bridgehead atoms. The lowest BCUT2D eigenvalue weighted by atomic mass is 10.1. The van der Waals surface area contributed by atoms with Crippen molar-refractivity contribution in [1.29, 1.82) is 0 Å². The quantitative estimate of drug-likeness (QED) is 0.144. The van der Waals surface area contributed by atoms with E-state index < -0.39 is 16.7 Å². The van der Waals surface area contributed by atoms with E-state index in [0.717, 1.165) is 0 Å². The van der Waals surface area contributed by atoms with Crippen molar-refractivity contribution in [2.45, 2.75) is 13.1 Å². The van der Waals surface area contributed by atoms with Crippen LogP contribution in [0.15, 0.2) is 88.8 Å². The van der Waals surface area contributed by atoms with Crippen molar-refractivity contribution < 1.29 is 28.4 Å². The molecule has 0 N–H and O–H groups in total. The third kappa shape index (κ3) is 6.11. The number of nitro benzene ring substituents is 1. The molecule has 0 radical (unpaired) electrons. The number of fused-ring (bicyclic) bond motifs is 2. The fourth-order valence-corrected chi connectivity index (χ4v) is 4.67. The lowest BCUT2D eigenvalue weighted by molar-refractivity contribution is -0.384. The average Bonchev–Trinajstić information content (AvgIpc) is 3.46. The Morgan fingerprint density at radius 1 is 1.00 bits per heavy atom. The molecule has 0 fully saturated rings. The van der Waals surface area contributed by atoms with Crippen LogP contribution in [-0.4, -0.2) is 46.4 Å². The van der Waals surface area contributed by atoms with Crippen LogP contribution in [0.5, 0.6) is 11.5 Å². The number of amides is 2. The van der Waals surface area contributed by atoms with Crippen LogP contribution in [0.3, 0.4) is 0 Å². The Hall–Kier alpha value is -5.16. The van der Waals surface area contributed by atoms with Crippen molar-refractivity contribution >= 4 is 40.1 Å². The fraction of sp³-hybridized carbons (Fsp3) is 0.167. The molecule has 0 saturated carbocycles. The number of benzene rings is 3. The summed E-state index contributed by atoms with van der Waals surface area (Å²) in [6.45, 7) is 3.42. The van der Waals surface area contributed by atoms with Gasteiger partial charge in [0.1, 0.15) is 12.1 Å². The molecule has 2 amide bonds. The number of hydrogen-bond acceptors (Lipinski definition) is 8. The maximum atomic E-state index is 13.8. The number of nitrogens with zero attached hydrogens (tertiary/aromatic N) is 3. The molecule has 0 aliphatic carbocycles. The molecular weight excluding hydrogens is 566 g/mol. The first-order valence-electron chi connectivity index (χ1n) is 12.7. The summed E-state index contributed by atoms with van der Waals surface area (Å²) < 4.78 is 16.5. The minimum absolute atomic E-state index is 0.0377. The highest BCUT2D eigenvalue weighted by molar-refractivity contribution is 6.31. The van der Waals surface area contributed by atoms with E-state index in [4.69, 9.17) is 25.5 Å². The first-order chi connectivity index (χ1) is 20.2. The zero-order chi connectivity index (χ0) is 29.8. The summed E-state index contributed by atoms with van der Waals surface area (Å²) in [6.07, 6.45) is 2.78. The average molecular weight is 590 g/mol. The zero-order valence-corrected chi connectivity index (χ0v) is 22.9. The topological polar surface area (TPSA) is 132 Å². The smallest absolute Gasteiger partial charge is 0.269 e. The lowest BCUT2D eigenvalue weighted by Crippen LogP contribution is -2.43. The van der Waals surface area contributed by atoms with E-state index >= 15 is 0 Å². The Bertz CT molecular complexity index is 1750. The molecule has 2 heterocycles. The van der Waals surface area contributed by atoms with Crippen LogP contribution in [-0.2, 0) is 17.9 Å². The van der Waals surface area contributed by atoms with Crippen molar-refractivity contribution in [3.05, 3.63) is 122 Å². The summed E-state index contributed by atoms with van der Waals surface area (Å²) >= 11 is 6.10. The van der Waals surface area contributed by atoms with Crippen LogP contribution in [0.2, 0.25) is 5.02 Å². The van der Waals surface area contributed by atoms with Crippen LogP contribution < -0.4 is 14.9 Å². The second kappa shape index (κ2) is 12.1. The molecule has 0 unspecified atom stereocenters. The van der Waals surface area contributed by atoms with Crippen LogP contribution >= 0.6 is 11.6 Å². The number of rotatable bonds is 10. The maximum absolute atomic E-state index is 13.8. The molecule has 11 nitrogen and oxygen atoms in total. The molecule has 12 heteroatoms. The second-order valence-electron chi connectivity index (χ2n) is 9.45. The van der Waals surface area contributed by atoms with E-state index in [9.17, 15) is 24.5 Å². The summed E-state index contributed by atoms with van der Waals surface area (Å²) in [5.41, 5.74) is 0.946. The molecular formula is C30H24ClN3O8. The van der Waals surface area contributed by atoms with Gasteiger partial charge in [-0.3, -0.25) is 24.5 Å². The van der Waals surface area contributed by atoms with Crippen LogP contribution in [0, 0.1) is 10.1 Å². The Morgan fingerprint density at radius 2 is 1.76 bits per heavy atom. The summed E-state index contributed by atoms with van der Waals surface area (Å²) in [5, 5.41) is 11.7. The molecule has 4 aromatic rings. The van der Waals surface area contributed by atoms with Crippen LogP contribution in [0.25, 0.3) is 11.0 Å². The molecule has 1 aliphatic rings. The normalized spacial score (nSPS) is 11.7. The summed E-state index contributed by atoms with van der Waals surface area (Å²) in [6, 6.07) is 15.1.